The molecule has 0 aromatic rings. The maximum absolute atomic E-state index is 9.94. The third-order valence-corrected chi connectivity index (χ3v) is 0.875. The lowest BCUT2D eigenvalue weighted by Gasteiger charge is -1.99. The fraction of sp³-hybridized carbons (Fsp3) is 0.167. The lowest BCUT2D eigenvalue weighted by Crippen LogP contribution is -2.38. The molecular weight excluding hydrogens is 208 g/mol. The van der Waals surface area contributed by atoms with Gasteiger partial charge in [-0.3, -0.25) is 10.1 Å². The van der Waals surface area contributed by atoms with Gasteiger partial charge in [-0.05, 0) is 0 Å². The highest BCUT2D eigenvalue weighted by atomic mass is 16.5. The Bertz CT molecular complexity index is 263. The molecule has 0 aliphatic rings. The van der Waals surface area contributed by atoms with Crippen LogP contribution in [0.4, 0.5) is 9.59 Å². The number of nitrogens with two attached hydrogens (primary N) is 3. The molecular formula is C6H12N4O5. The maximum atomic E-state index is 9.94. The van der Waals surface area contributed by atoms with Crippen molar-refractivity contribution < 1.29 is 24.6 Å². The van der Waals surface area contributed by atoms with E-state index in [1.165, 1.54) is 0 Å². The Kier molecular flexibility index (Phi) is 7.46. The molecule has 15 heavy (non-hydrogen) atoms. The van der Waals surface area contributed by atoms with Crippen LogP contribution in [0.15, 0.2) is 12.2 Å². The zero-order chi connectivity index (χ0) is 12.6. The van der Waals surface area contributed by atoms with Crippen LogP contribution >= 0.6 is 0 Å². The van der Waals surface area contributed by atoms with Gasteiger partial charge in [0.1, 0.15) is 0 Å². The minimum absolute atomic E-state index is 0.398. The molecule has 0 aromatic carbocycles. The fourth-order valence-corrected chi connectivity index (χ4v) is 0.249. The fourth-order valence-electron chi connectivity index (χ4n) is 0.249. The van der Waals surface area contributed by atoms with Gasteiger partial charge in [-0.1, -0.05) is 6.58 Å². The maximum Gasteiger partial charge on any atom is 0.320 e. The SMILES string of the molecule is C=C(C(N)=O)C(O)O.NC(=O)NC(N)=O. The number of urea groups is 2. The number of rotatable bonds is 2. The number of hydrogen-bond donors (Lipinski definition) is 6. The van der Waals surface area contributed by atoms with Crippen molar-refractivity contribution in [3.63, 3.8) is 0 Å². The Hall–Kier alpha value is -2.13. The van der Waals surface area contributed by atoms with Gasteiger partial charge in [-0.25, -0.2) is 9.59 Å². The van der Waals surface area contributed by atoms with Gasteiger partial charge < -0.3 is 27.4 Å². The Morgan fingerprint density at radius 3 is 1.40 bits per heavy atom. The molecule has 86 valence electrons. The largest absolute Gasteiger partial charge is 0.366 e. The number of amides is 5. The van der Waals surface area contributed by atoms with Crippen molar-refractivity contribution in [2.45, 2.75) is 6.29 Å². The predicted molar refractivity (Wildman–Crippen MR) is 48.9 cm³/mol. The summed E-state index contributed by atoms with van der Waals surface area (Å²) < 4.78 is 0. The molecule has 0 heterocycles. The number of aliphatic hydroxyl groups is 2. The zero-order valence-electron chi connectivity index (χ0n) is 7.64. The average Bonchev–Trinajstić information content (AvgIpc) is 2.00. The van der Waals surface area contributed by atoms with E-state index < -0.39 is 29.8 Å². The summed E-state index contributed by atoms with van der Waals surface area (Å²) in [6, 6.07) is -1.88. The number of imide groups is 1. The highest BCUT2D eigenvalue weighted by Crippen LogP contribution is 1.91. The molecule has 0 saturated carbocycles. The minimum atomic E-state index is -1.83. The number of carbonyl (C=O) groups is 3. The van der Waals surface area contributed by atoms with Gasteiger partial charge in [-0.2, -0.15) is 0 Å². The Morgan fingerprint density at radius 1 is 1.07 bits per heavy atom. The van der Waals surface area contributed by atoms with Gasteiger partial charge in [0.05, 0.1) is 5.57 Å². The Morgan fingerprint density at radius 2 is 1.40 bits per heavy atom. The van der Waals surface area contributed by atoms with Crippen LogP contribution in [0.1, 0.15) is 0 Å². The van der Waals surface area contributed by atoms with E-state index >= 15 is 0 Å². The van der Waals surface area contributed by atoms with Crippen LogP contribution in [-0.4, -0.2) is 34.5 Å². The van der Waals surface area contributed by atoms with E-state index in [-0.39, 0.29) is 0 Å². The number of aliphatic hydroxyl groups excluding tert-OH is 1. The summed E-state index contributed by atoms with van der Waals surface area (Å²) in [4.78, 5) is 29.2. The molecule has 0 aromatic heterocycles. The van der Waals surface area contributed by atoms with Gasteiger partial charge in [0.2, 0.25) is 5.91 Å². The monoisotopic (exact) mass is 220 g/mol. The summed E-state index contributed by atoms with van der Waals surface area (Å²) in [7, 11) is 0. The van der Waals surface area contributed by atoms with Crippen molar-refractivity contribution in [3.8, 4) is 0 Å². The van der Waals surface area contributed by atoms with Gasteiger partial charge in [0.25, 0.3) is 0 Å². The molecule has 0 radical (unpaired) electrons. The molecule has 0 rings (SSSR count). The number of carbonyl (C=O) groups excluding carboxylic acids is 3. The molecule has 0 atom stereocenters. The standard InChI is InChI=1S/C4H7NO3.C2H5N3O2/c1-2(3(5)6)4(7)8;3-1(6)5-2(4)7/h4,7-8H,1H2,(H2,5,6);(H5,3,4,5,6,7). The van der Waals surface area contributed by atoms with Crippen molar-refractivity contribution in [2.24, 2.45) is 17.2 Å². The summed E-state index contributed by atoms with van der Waals surface area (Å²) in [5.74, 6) is -0.903. The number of primary amides is 3. The first kappa shape index (κ1) is 15.3. The lowest BCUT2D eigenvalue weighted by molar-refractivity contribution is -0.118. The van der Waals surface area contributed by atoms with E-state index in [0.717, 1.165) is 0 Å². The first-order chi connectivity index (χ1) is 6.68. The van der Waals surface area contributed by atoms with Crippen LogP contribution in [0.3, 0.4) is 0 Å². The average molecular weight is 220 g/mol. The summed E-state index contributed by atoms with van der Waals surface area (Å²) in [6.45, 7) is 2.98. The summed E-state index contributed by atoms with van der Waals surface area (Å²) >= 11 is 0. The highest BCUT2D eigenvalue weighted by molar-refractivity contribution is 5.92. The Balaban J connectivity index is 0. The summed E-state index contributed by atoms with van der Waals surface area (Å²) in [6.07, 6.45) is -1.83. The van der Waals surface area contributed by atoms with E-state index in [9.17, 15) is 14.4 Å². The first-order valence-electron chi connectivity index (χ1n) is 3.39. The number of hydrogen-bond acceptors (Lipinski definition) is 5. The van der Waals surface area contributed by atoms with E-state index in [1.54, 1.807) is 5.32 Å². The van der Waals surface area contributed by atoms with Crippen molar-refractivity contribution >= 4 is 18.0 Å². The van der Waals surface area contributed by atoms with Crippen molar-refractivity contribution in [1.29, 1.82) is 0 Å². The van der Waals surface area contributed by atoms with E-state index in [4.69, 9.17) is 10.2 Å². The topological polar surface area (TPSA) is 182 Å². The second-order valence-corrected chi connectivity index (χ2v) is 2.12. The van der Waals surface area contributed by atoms with Gasteiger partial charge >= 0.3 is 12.1 Å². The molecule has 0 unspecified atom stereocenters. The van der Waals surface area contributed by atoms with Crippen LogP contribution in [0.25, 0.3) is 0 Å². The molecule has 0 aliphatic carbocycles. The van der Waals surface area contributed by atoms with E-state index in [0.29, 0.717) is 0 Å². The lowest BCUT2D eigenvalue weighted by atomic mass is 10.3. The Labute approximate surface area is 84.5 Å². The van der Waals surface area contributed by atoms with E-state index in [2.05, 4.69) is 23.8 Å². The highest BCUT2D eigenvalue weighted by Gasteiger charge is 2.07. The van der Waals surface area contributed by atoms with Crippen LogP contribution in [-0.2, 0) is 4.79 Å². The number of nitrogens with one attached hydrogen (secondary N) is 1. The first-order valence-corrected chi connectivity index (χ1v) is 3.39. The van der Waals surface area contributed by atoms with Crippen LogP contribution in [0.5, 0.6) is 0 Å². The minimum Gasteiger partial charge on any atom is -0.366 e. The van der Waals surface area contributed by atoms with Crippen LogP contribution in [0.2, 0.25) is 0 Å². The van der Waals surface area contributed by atoms with Crippen molar-refractivity contribution in [3.05, 3.63) is 12.2 Å². The normalized spacial score (nSPS) is 8.47. The summed E-state index contributed by atoms with van der Waals surface area (Å²) in [5.41, 5.74) is 13.1. The van der Waals surface area contributed by atoms with Gasteiger partial charge in [0.15, 0.2) is 6.29 Å². The van der Waals surface area contributed by atoms with E-state index in [1.807, 2.05) is 0 Å². The second kappa shape index (κ2) is 7.29. The third kappa shape index (κ3) is 11.9. The molecule has 5 amide bonds. The molecule has 0 fully saturated rings. The van der Waals surface area contributed by atoms with Gasteiger partial charge in [-0.15, -0.1) is 0 Å². The van der Waals surface area contributed by atoms with Crippen molar-refractivity contribution in [2.75, 3.05) is 0 Å². The zero-order valence-corrected chi connectivity index (χ0v) is 7.64. The second-order valence-electron chi connectivity index (χ2n) is 2.12. The van der Waals surface area contributed by atoms with Crippen LogP contribution in [0, 0.1) is 0 Å². The van der Waals surface area contributed by atoms with Gasteiger partial charge in [0, 0.05) is 0 Å². The molecule has 9 nitrogen and oxygen atoms in total. The molecule has 0 saturated heterocycles. The quantitative estimate of drug-likeness (QED) is 0.215. The predicted octanol–water partition coefficient (Wildman–Crippen LogP) is -2.93. The smallest absolute Gasteiger partial charge is 0.320 e. The summed E-state index contributed by atoms with van der Waals surface area (Å²) in [5, 5.41) is 17.9. The molecule has 0 spiro atoms. The van der Waals surface area contributed by atoms with Crippen molar-refractivity contribution in [1.82, 2.24) is 5.32 Å². The van der Waals surface area contributed by atoms with Crippen LogP contribution < -0.4 is 22.5 Å². The molecule has 0 aliphatic heterocycles. The molecule has 0 bridgehead atoms. The third-order valence-electron chi connectivity index (χ3n) is 0.875. The molecule has 9 N–H and O–H groups in total. The molecule has 9 heteroatoms.